The Morgan fingerprint density at radius 2 is 1.59 bits per heavy atom. The lowest BCUT2D eigenvalue weighted by atomic mass is 9.55. The van der Waals surface area contributed by atoms with E-state index in [0.717, 1.165) is 52.3 Å². The minimum absolute atomic E-state index is 0.228. The summed E-state index contributed by atoms with van der Waals surface area (Å²) < 4.78 is 0. The van der Waals surface area contributed by atoms with Gasteiger partial charge < -0.3 is 5.11 Å². The van der Waals surface area contributed by atoms with Crippen molar-refractivity contribution >= 4 is 22.4 Å². The van der Waals surface area contributed by atoms with Gasteiger partial charge in [-0.1, -0.05) is 80.0 Å². The molecule has 0 heterocycles. The summed E-state index contributed by atoms with van der Waals surface area (Å²) in [6.07, 6.45) is 4.64. The quantitative estimate of drug-likeness (QED) is 0.470. The van der Waals surface area contributed by atoms with Crippen molar-refractivity contribution in [1.29, 1.82) is 0 Å². The van der Waals surface area contributed by atoms with Crippen LogP contribution in [0.25, 0.3) is 21.9 Å². The largest absolute Gasteiger partial charge is 0.385 e. The van der Waals surface area contributed by atoms with Crippen LogP contribution in [-0.4, -0.2) is 5.11 Å². The normalized spacial score (nSPS) is 31.7. The molecule has 0 amide bonds. The molecule has 1 N–H and O–H groups in total. The number of benzene rings is 3. The van der Waals surface area contributed by atoms with Crippen LogP contribution in [0, 0.1) is 23.7 Å². The second kappa shape index (κ2) is 7.15. The molecule has 2 bridgehead atoms. The van der Waals surface area contributed by atoms with Gasteiger partial charge in [-0.25, -0.2) is 0 Å². The van der Waals surface area contributed by atoms with Gasteiger partial charge in [0, 0.05) is 10.6 Å². The minimum Gasteiger partial charge on any atom is -0.385 e. The smallest absolute Gasteiger partial charge is 0.0962 e. The van der Waals surface area contributed by atoms with Crippen molar-refractivity contribution in [3.63, 3.8) is 0 Å². The van der Waals surface area contributed by atoms with E-state index >= 15 is 0 Å². The lowest BCUT2D eigenvalue weighted by Crippen LogP contribution is -2.49. The van der Waals surface area contributed by atoms with Gasteiger partial charge in [0.15, 0.2) is 0 Å². The molecule has 2 saturated carbocycles. The second-order valence-corrected chi connectivity index (χ2v) is 9.93. The zero-order chi connectivity index (χ0) is 20.2. The first-order chi connectivity index (χ1) is 14.0. The molecule has 0 radical (unpaired) electrons. The Kier molecular flexibility index (Phi) is 4.72. The Hall–Kier alpha value is -1.83. The highest BCUT2D eigenvalue weighted by Crippen LogP contribution is 2.57. The molecule has 0 spiro atoms. The van der Waals surface area contributed by atoms with E-state index in [-0.39, 0.29) is 5.92 Å². The number of hydrogen-bond acceptors (Lipinski definition) is 1. The van der Waals surface area contributed by atoms with E-state index in [0.29, 0.717) is 11.8 Å². The Bertz CT molecular complexity index is 1050. The van der Waals surface area contributed by atoms with Crippen LogP contribution in [0.15, 0.2) is 60.7 Å². The molecule has 3 aromatic carbocycles. The lowest BCUT2D eigenvalue weighted by Gasteiger charge is -2.53. The Labute approximate surface area is 178 Å². The standard InChI is InChI=1S/C27H29ClO/c1-17-13-19-15-18(2)27(29,21(14-17)16-19)26-22-8-4-3-7-20(22)11-12-24(26)23-9-5-6-10-25(23)28/h3-12,17-19,21,29H,13-16H2,1-2H3. The van der Waals surface area contributed by atoms with Gasteiger partial charge in [-0.05, 0) is 77.3 Å². The molecule has 5 unspecified atom stereocenters. The first-order valence-corrected chi connectivity index (χ1v) is 11.4. The predicted octanol–water partition coefficient (Wildman–Crippen LogP) is 7.44. The van der Waals surface area contributed by atoms with Crippen molar-refractivity contribution in [2.45, 2.75) is 45.1 Å². The van der Waals surface area contributed by atoms with Gasteiger partial charge in [0.05, 0.1) is 5.60 Å². The number of halogens is 1. The number of rotatable bonds is 2. The van der Waals surface area contributed by atoms with Crippen molar-refractivity contribution in [3.05, 3.63) is 71.2 Å². The first kappa shape index (κ1) is 19.2. The molecule has 150 valence electrons. The number of fused-ring (bicyclic) bond motifs is 3. The average molecular weight is 405 g/mol. The number of hydrogen-bond donors (Lipinski definition) is 1. The maximum atomic E-state index is 12.5. The maximum absolute atomic E-state index is 12.5. The molecule has 2 aliphatic carbocycles. The van der Waals surface area contributed by atoms with E-state index in [1.54, 1.807) is 0 Å². The third-order valence-electron chi connectivity index (χ3n) is 7.59. The van der Waals surface area contributed by atoms with E-state index in [1.807, 2.05) is 18.2 Å². The molecule has 29 heavy (non-hydrogen) atoms. The zero-order valence-electron chi connectivity index (χ0n) is 17.2. The molecule has 0 saturated heterocycles. The molecule has 2 fully saturated rings. The van der Waals surface area contributed by atoms with Crippen molar-refractivity contribution in [2.75, 3.05) is 0 Å². The Balaban J connectivity index is 1.81. The van der Waals surface area contributed by atoms with Gasteiger partial charge in [-0.3, -0.25) is 0 Å². The van der Waals surface area contributed by atoms with E-state index in [9.17, 15) is 5.11 Å². The van der Waals surface area contributed by atoms with E-state index in [4.69, 9.17) is 11.6 Å². The monoisotopic (exact) mass is 404 g/mol. The molecule has 5 rings (SSSR count). The maximum Gasteiger partial charge on any atom is 0.0962 e. The summed E-state index contributed by atoms with van der Waals surface area (Å²) in [6.45, 7) is 4.61. The van der Waals surface area contributed by atoms with Gasteiger partial charge in [-0.2, -0.15) is 0 Å². The van der Waals surface area contributed by atoms with Gasteiger partial charge in [-0.15, -0.1) is 0 Å². The third kappa shape index (κ3) is 3.02. The SMILES string of the molecule is CC1CC2CC(C)C(O)(c3c(-c4ccccc4Cl)ccc4ccccc34)C(C1)C2. The molecule has 3 aromatic rings. The fourth-order valence-corrected chi connectivity index (χ4v) is 6.67. The summed E-state index contributed by atoms with van der Waals surface area (Å²) >= 11 is 6.65. The summed E-state index contributed by atoms with van der Waals surface area (Å²) in [6, 6.07) is 20.9. The highest BCUT2D eigenvalue weighted by atomic mass is 35.5. The van der Waals surface area contributed by atoms with Crippen molar-refractivity contribution in [2.24, 2.45) is 23.7 Å². The minimum atomic E-state index is -0.833. The molecular formula is C27H29ClO. The summed E-state index contributed by atoms with van der Waals surface area (Å²) in [7, 11) is 0. The highest BCUT2D eigenvalue weighted by Gasteiger charge is 2.52. The second-order valence-electron chi connectivity index (χ2n) is 9.53. The van der Waals surface area contributed by atoms with Crippen LogP contribution >= 0.6 is 11.6 Å². The lowest BCUT2D eigenvalue weighted by molar-refractivity contribution is -0.131. The third-order valence-corrected chi connectivity index (χ3v) is 7.92. The van der Waals surface area contributed by atoms with E-state index < -0.39 is 5.60 Å². The molecular weight excluding hydrogens is 376 g/mol. The van der Waals surface area contributed by atoms with Crippen LogP contribution in [-0.2, 0) is 5.60 Å². The van der Waals surface area contributed by atoms with Crippen LogP contribution < -0.4 is 0 Å². The molecule has 1 nitrogen and oxygen atoms in total. The highest BCUT2D eigenvalue weighted by molar-refractivity contribution is 6.33. The fourth-order valence-electron chi connectivity index (χ4n) is 6.44. The van der Waals surface area contributed by atoms with Crippen molar-refractivity contribution in [3.8, 4) is 11.1 Å². The molecule has 0 aromatic heterocycles. The Morgan fingerprint density at radius 3 is 2.41 bits per heavy atom. The predicted molar refractivity (Wildman–Crippen MR) is 122 cm³/mol. The van der Waals surface area contributed by atoms with Crippen LogP contribution in [0.2, 0.25) is 5.02 Å². The summed E-state index contributed by atoms with van der Waals surface area (Å²) in [5.41, 5.74) is 2.36. The van der Waals surface area contributed by atoms with Gasteiger partial charge >= 0.3 is 0 Å². The van der Waals surface area contributed by atoms with Crippen LogP contribution in [0.4, 0.5) is 0 Å². The summed E-state index contributed by atoms with van der Waals surface area (Å²) in [5.74, 6) is 1.95. The molecule has 2 aliphatic rings. The van der Waals surface area contributed by atoms with Gasteiger partial charge in [0.2, 0.25) is 0 Å². The first-order valence-electron chi connectivity index (χ1n) is 11.0. The van der Waals surface area contributed by atoms with Crippen molar-refractivity contribution in [1.82, 2.24) is 0 Å². The van der Waals surface area contributed by atoms with Crippen LogP contribution in [0.5, 0.6) is 0 Å². The Morgan fingerprint density at radius 1 is 0.828 bits per heavy atom. The molecule has 0 aliphatic heterocycles. The van der Waals surface area contributed by atoms with Gasteiger partial charge in [0.1, 0.15) is 0 Å². The van der Waals surface area contributed by atoms with E-state index in [2.05, 4.69) is 56.3 Å². The summed E-state index contributed by atoms with van der Waals surface area (Å²) in [5, 5.41) is 15.6. The van der Waals surface area contributed by atoms with Crippen molar-refractivity contribution < 1.29 is 5.11 Å². The number of aliphatic hydroxyl groups is 1. The average Bonchev–Trinajstić information content (AvgIpc) is 2.71. The summed E-state index contributed by atoms with van der Waals surface area (Å²) in [4.78, 5) is 0. The zero-order valence-corrected chi connectivity index (χ0v) is 18.0. The fraction of sp³-hybridized carbons (Fsp3) is 0.407. The van der Waals surface area contributed by atoms with Crippen LogP contribution in [0.1, 0.15) is 45.1 Å². The van der Waals surface area contributed by atoms with Crippen LogP contribution in [0.3, 0.4) is 0 Å². The van der Waals surface area contributed by atoms with E-state index in [1.165, 1.54) is 11.8 Å². The molecule has 2 heteroatoms. The molecule has 5 atom stereocenters. The topological polar surface area (TPSA) is 20.2 Å². The van der Waals surface area contributed by atoms with Gasteiger partial charge in [0.25, 0.3) is 0 Å².